The Hall–Kier alpha value is -2.80. The van der Waals surface area contributed by atoms with Crippen molar-refractivity contribution in [2.24, 2.45) is 0 Å². The lowest BCUT2D eigenvalue weighted by Crippen LogP contribution is -2.08. The molecule has 0 unspecified atom stereocenters. The van der Waals surface area contributed by atoms with E-state index in [1.807, 2.05) is 48.5 Å². The predicted molar refractivity (Wildman–Crippen MR) is 90.4 cm³/mol. The highest BCUT2D eigenvalue weighted by atomic mass is 35.5. The van der Waals surface area contributed by atoms with Gasteiger partial charge in [0.1, 0.15) is 11.0 Å². The van der Waals surface area contributed by atoms with Gasteiger partial charge in [-0.15, -0.1) is 10.2 Å². The smallest absolute Gasteiger partial charge is 0.184 e. The normalized spacial score (nSPS) is 11.2. The molecule has 7 nitrogen and oxygen atoms in total. The molecule has 0 amide bonds. The zero-order valence-corrected chi connectivity index (χ0v) is 13.5. The van der Waals surface area contributed by atoms with Crippen molar-refractivity contribution in [3.8, 4) is 11.4 Å². The Morgan fingerprint density at radius 1 is 0.792 bits per heavy atom. The summed E-state index contributed by atoms with van der Waals surface area (Å²) in [5, 5.41) is 22.1. The maximum atomic E-state index is 5.88. The minimum absolute atomic E-state index is 0.592. The molecule has 0 radical (unpaired) electrons. The quantitative estimate of drug-likeness (QED) is 0.559. The summed E-state index contributed by atoms with van der Waals surface area (Å²) < 4.78 is 0. The molecule has 0 aliphatic carbocycles. The van der Waals surface area contributed by atoms with Crippen molar-refractivity contribution >= 4 is 22.6 Å². The van der Waals surface area contributed by atoms with Gasteiger partial charge in [0, 0.05) is 10.6 Å². The average Bonchev–Trinajstić information content (AvgIpc) is 3.22. The van der Waals surface area contributed by atoms with E-state index in [1.165, 1.54) is 0 Å². The lowest BCUT2D eigenvalue weighted by molar-refractivity contribution is 0.436. The molecular formula is C16H14ClN7. The van der Waals surface area contributed by atoms with E-state index in [2.05, 4.69) is 25.6 Å². The molecule has 0 spiro atoms. The van der Waals surface area contributed by atoms with E-state index in [-0.39, 0.29) is 0 Å². The molecule has 120 valence electrons. The van der Waals surface area contributed by atoms with E-state index in [0.29, 0.717) is 23.9 Å². The van der Waals surface area contributed by atoms with Crippen LogP contribution in [0.15, 0.2) is 48.5 Å². The summed E-state index contributed by atoms with van der Waals surface area (Å²) in [6.45, 7) is 1.35. The van der Waals surface area contributed by atoms with Crippen molar-refractivity contribution < 1.29 is 0 Å². The topological polar surface area (TPSA) is 74.3 Å². The molecular weight excluding hydrogens is 326 g/mol. The first-order chi connectivity index (χ1) is 11.8. The van der Waals surface area contributed by atoms with Gasteiger partial charge in [0.15, 0.2) is 0 Å². The van der Waals surface area contributed by atoms with Gasteiger partial charge in [-0.05, 0) is 48.0 Å². The monoisotopic (exact) mass is 339 g/mol. The van der Waals surface area contributed by atoms with Crippen LogP contribution in [0.5, 0.6) is 0 Å². The summed E-state index contributed by atoms with van der Waals surface area (Å²) in [5.74, 6) is 0.592. The van der Waals surface area contributed by atoms with Gasteiger partial charge in [-0.3, -0.25) is 0 Å². The SMILES string of the molecule is Clc1ccc(-c2nnn(CCCn3nc4ccccc4n3)n2)cc1. The summed E-state index contributed by atoms with van der Waals surface area (Å²) in [4.78, 5) is 3.30. The molecule has 2 aromatic heterocycles. The van der Waals surface area contributed by atoms with Crippen LogP contribution in [0, 0.1) is 0 Å². The number of hydrogen-bond donors (Lipinski definition) is 0. The van der Waals surface area contributed by atoms with Crippen molar-refractivity contribution in [2.45, 2.75) is 19.5 Å². The van der Waals surface area contributed by atoms with Crippen LogP contribution in [0.3, 0.4) is 0 Å². The highest BCUT2D eigenvalue weighted by Gasteiger charge is 2.06. The molecule has 0 saturated carbocycles. The molecule has 4 rings (SSSR count). The van der Waals surface area contributed by atoms with Crippen LogP contribution in [-0.2, 0) is 13.1 Å². The molecule has 0 fully saturated rings. The Bertz CT molecular complexity index is 925. The molecule has 0 aliphatic rings. The third-order valence-electron chi connectivity index (χ3n) is 3.60. The van der Waals surface area contributed by atoms with E-state index >= 15 is 0 Å². The first kappa shape index (κ1) is 14.8. The van der Waals surface area contributed by atoms with Crippen LogP contribution >= 0.6 is 11.6 Å². The van der Waals surface area contributed by atoms with Crippen LogP contribution in [-0.4, -0.2) is 35.2 Å². The molecule has 2 heterocycles. The van der Waals surface area contributed by atoms with Gasteiger partial charge in [0.2, 0.25) is 5.82 Å². The zero-order valence-electron chi connectivity index (χ0n) is 12.7. The Labute approximate surface area is 142 Å². The number of aryl methyl sites for hydroxylation is 2. The summed E-state index contributed by atoms with van der Waals surface area (Å²) in [6.07, 6.45) is 0.817. The lowest BCUT2D eigenvalue weighted by atomic mass is 10.2. The standard InChI is InChI=1S/C16H14ClN7/c17-13-8-6-12(7-9-13)16-18-22-24(21-16)11-3-10-23-19-14-4-1-2-5-15(14)20-23/h1-2,4-9H,3,10-11H2. The van der Waals surface area contributed by atoms with Gasteiger partial charge in [0.05, 0.1) is 13.1 Å². The fraction of sp³-hybridized carbons (Fsp3) is 0.188. The molecule has 0 saturated heterocycles. The van der Waals surface area contributed by atoms with E-state index in [1.54, 1.807) is 9.59 Å². The number of hydrogen-bond acceptors (Lipinski definition) is 5. The van der Waals surface area contributed by atoms with Crippen LogP contribution < -0.4 is 0 Å². The van der Waals surface area contributed by atoms with Crippen LogP contribution in [0.2, 0.25) is 5.02 Å². The second kappa shape index (κ2) is 6.37. The first-order valence-corrected chi connectivity index (χ1v) is 7.99. The van der Waals surface area contributed by atoms with Crippen molar-refractivity contribution in [3.05, 3.63) is 53.6 Å². The summed E-state index contributed by atoms with van der Waals surface area (Å²) in [7, 11) is 0. The number of aromatic nitrogens is 7. The number of halogens is 1. The molecule has 8 heteroatoms. The molecule has 24 heavy (non-hydrogen) atoms. The number of fused-ring (bicyclic) bond motifs is 1. The number of benzene rings is 2. The molecule has 0 aliphatic heterocycles. The second-order valence-corrected chi connectivity index (χ2v) is 5.79. The minimum Gasteiger partial charge on any atom is -0.184 e. The Morgan fingerprint density at radius 3 is 2.17 bits per heavy atom. The highest BCUT2D eigenvalue weighted by Crippen LogP contribution is 2.17. The van der Waals surface area contributed by atoms with Gasteiger partial charge in [-0.1, -0.05) is 23.7 Å². The average molecular weight is 340 g/mol. The maximum Gasteiger partial charge on any atom is 0.204 e. The first-order valence-electron chi connectivity index (χ1n) is 7.61. The van der Waals surface area contributed by atoms with Gasteiger partial charge in [-0.25, -0.2) is 0 Å². The summed E-state index contributed by atoms with van der Waals surface area (Å²) >= 11 is 5.88. The van der Waals surface area contributed by atoms with E-state index in [4.69, 9.17) is 11.6 Å². The van der Waals surface area contributed by atoms with E-state index < -0.39 is 0 Å². The fourth-order valence-electron chi connectivity index (χ4n) is 2.41. The Balaban J connectivity index is 1.38. The van der Waals surface area contributed by atoms with E-state index in [9.17, 15) is 0 Å². The maximum absolute atomic E-state index is 5.88. The number of rotatable bonds is 5. The van der Waals surface area contributed by atoms with Gasteiger partial charge in [-0.2, -0.15) is 19.8 Å². The molecule has 4 aromatic rings. The highest BCUT2D eigenvalue weighted by molar-refractivity contribution is 6.30. The largest absolute Gasteiger partial charge is 0.204 e. The van der Waals surface area contributed by atoms with Crippen LogP contribution in [0.25, 0.3) is 22.4 Å². The van der Waals surface area contributed by atoms with Crippen molar-refractivity contribution in [3.63, 3.8) is 0 Å². The number of nitrogens with zero attached hydrogens (tertiary/aromatic N) is 7. The second-order valence-electron chi connectivity index (χ2n) is 5.35. The van der Waals surface area contributed by atoms with Gasteiger partial charge < -0.3 is 0 Å². The summed E-state index contributed by atoms with van der Waals surface area (Å²) in [6, 6.07) is 15.2. The molecule has 0 bridgehead atoms. The van der Waals surface area contributed by atoms with Gasteiger partial charge >= 0.3 is 0 Å². The van der Waals surface area contributed by atoms with Crippen molar-refractivity contribution in [1.82, 2.24) is 35.2 Å². The molecule has 0 N–H and O–H groups in total. The zero-order chi connectivity index (χ0) is 16.4. The van der Waals surface area contributed by atoms with Gasteiger partial charge in [0.25, 0.3) is 0 Å². The van der Waals surface area contributed by atoms with Crippen LogP contribution in [0.1, 0.15) is 6.42 Å². The van der Waals surface area contributed by atoms with E-state index in [0.717, 1.165) is 23.0 Å². The molecule has 2 aromatic carbocycles. The van der Waals surface area contributed by atoms with Crippen LogP contribution in [0.4, 0.5) is 0 Å². The predicted octanol–water partition coefficient (Wildman–Crippen LogP) is 2.83. The third-order valence-corrected chi connectivity index (χ3v) is 3.85. The Kier molecular flexibility index (Phi) is 3.92. The van der Waals surface area contributed by atoms with Crippen molar-refractivity contribution in [2.75, 3.05) is 0 Å². The molecule has 0 atom stereocenters. The lowest BCUT2D eigenvalue weighted by Gasteiger charge is -1.99. The summed E-state index contributed by atoms with van der Waals surface area (Å²) in [5.41, 5.74) is 2.70. The number of tetrazole rings is 1. The Morgan fingerprint density at radius 2 is 1.46 bits per heavy atom. The minimum atomic E-state index is 0.592. The van der Waals surface area contributed by atoms with Crippen molar-refractivity contribution in [1.29, 1.82) is 0 Å². The fourth-order valence-corrected chi connectivity index (χ4v) is 2.54. The third kappa shape index (κ3) is 3.11.